The number of pyridine rings is 1. The van der Waals surface area contributed by atoms with E-state index in [1.54, 1.807) is 12.4 Å². The third-order valence-electron chi connectivity index (χ3n) is 4.10. The standard InChI is InChI=1S/C18H20N2O/c1-13-8-14(2)10-17(9-13)16-5-7-20(12-16)18(21)15-4-3-6-19-11-15/h3-4,6,8-11,16H,5,7,12H2,1-2H3. The number of benzene rings is 1. The van der Waals surface area contributed by atoms with Crippen LogP contribution in [0.25, 0.3) is 0 Å². The van der Waals surface area contributed by atoms with Gasteiger partial charge < -0.3 is 4.90 Å². The van der Waals surface area contributed by atoms with Gasteiger partial charge in [-0.1, -0.05) is 29.3 Å². The van der Waals surface area contributed by atoms with Crippen LogP contribution in [-0.4, -0.2) is 28.9 Å². The number of carbonyl (C=O) groups is 1. The van der Waals surface area contributed by atoms with Gasteiger partial charge in [0.05, 0.1) is 5.56 Å². The zero-order valence-corrected chi connectivity index (χ0v) is 12.5. The first-order valence-corrected chi connectivity index (χ1v) is 7.41. The summed E-state index contributed by atoms with van der Waals surface area (Å²) in [5, 5.41) is 0. The molecule has 0 spiro atoms. The molecule has 0 aliphatic carbocycles. The Kier molecular flexibility index (Phi) is 3.74. The van der Waals surface area contributed by atoms with Crippen LogP contribution >= 0.6 is 0 Å². The number of likely N-dealkylation sites (tertiary alicyclic amines) is 1. The summed E-state index contributed by atoms with van der Waals surface area (Å²) >= 11 is 0. The molecule has 3 nitrogen and oxygen atoms in total. The molecule has 3 rings (SSSR count). The van der Waals surface area contributed by atoms with Gasteiger partial charge in [0.15, 0.2) is 0 Å². The van der Waals surface area contributed by atoms with E-state index in [1.807, 2.05) is 17.0 Å². The first-order valence-electron chi connectivity index (χ1n) is 7.41. The van der Waals surface area contributed by atoms with E-state index < -0.39 is 0 Å². The normalized spacial score (nSPS) is 18.0. The monoisotopic (exact) mass is 280 g/mol. The van der Waals surface area contributed by atoms with Crippen molar-refractivity contribution in [3.8, 4) is 0 Å². The minimum atomic E-state index is 0.0926. The molecule has 1 aromatic heterocycles. The zero-order valence-electron chi connectivity index (χ0n) is 12.5. The number of amides is 1. The number of nitrogens with zero attached hydrogens (tertiary/aromatic N) is 2. The second-order valence-corrected chi connectivity index (χ2v) is 5.90. The molecular formula is C18H20N2O. The van der Waals surface area contributed by atoms with Gasteiger partial charge in [-0.05, 0) is 38.0 Å². The van der Waals surface area contributed by atoms with Crippen LogP contribution in [0.3, 0.4) is 0 Å². The minimum absolute atomic E-state index is 0.0926. The first-order chi connectivity index (χ1) is 10.1. The summed E-state index contributed by atoms with van der Waals surface area (Å²) in [6, 6.07) is 10.3. The van der Waals surface area contributed by atoms with Gasteiger partial charge in [-0.3, -0.25) is 9.78 Å². The smallest absolute Gasteiger partial charge is 0.255 e. The lowest BCUT2D eigenvalue weighted by Gasteiger charge is -2.17. The van der Waals surface area contributed by atoms with Crippen LogP contribution in [0.1, 0.15) is 39.4 Å². The molecule has 1 aliphatic heterocycles. The Bertz CT molecular complexity index is 631. The molecule has 0 N–H and O–H groups in total. The average Bonchev–Trinajstić information content (AvgIpc) is 2.96. The molecule has 3 heteroatoms. The number of rotatable bonds is 2. The molecule has 1 saturated heterocycles. The van der Waals surface area contributed by atoms with Crippen molar-refractivity contribution < 1.29 is 4.79 Å². The van der Waals surface area contributed by atoms with Crippen molar-refractivity contribution in [2.24, 2.45) is 0 Å². The predicted octanol–water partition coefficient (Wildman–Crippen LogP) is 3.33. The fourth-order valence-electron chi connectivity index (χ4n) is 3.13. The Hall–Kier alpha value is -2.16. The predicted molar refractivity (Wildman–Crippen MR) is 83.4 cm³/mol. The Morgan fingerprint density at radius 3 is 2.67 bits per heavy atom. The molecule has 21 heavy (non-hydrogen) atoms. The third-order valence-corrected chi connectivity index (χ3v) is 4.10. The van der Waals surface area contributed by atoms with E-state index in [0.717, 1.165) is 19.5 Å². The van der Waals surface area contributed by atoms with Crippen LogP contribution in [0.4, 0.5) is 0 Å². The van der Waals surface area contributed by atoms with Crippen molar-refractivity contribution in [2.75, 3.05) is 13.1 Å². The Balaban J connectivity index is 1.75. The first kappa shape index (κ1) is 13.8. The molecule has 2 heterocycles. The van der Waals surface area contributed by atoms with Gasteiger partial charge >= 0.3 is 0 Å². The maximum atomic E-state index is 12.4. The van der Waals surface area contributed by atoms with E-state index in [2.05, 4.69) is 37.0 Å². The highest BCUT2D eigenvalue weighted by Gasteiger charge is 2.28. The highest BCUT2D eigenvalue weighted by Crippen LogP contribution is 2.29. The second-order valence-electron chi connectivity index (χ2n) is 5.90. The summed E-state index contributed by atoms with van der Waals surface area (Å²) < 4.78 is 0. The van der Waals surface area contributed by atoms with E-state index in [-0.39, 0.29) is 5.91 Å². The number of aryl methyl sites for hydroxylation is 2. The van der Waals surface area contributed by atoms with Crippen molar-refractivity contribution in [2.45, 2.75) is 26.2 Å². The van der Waals surface area contributed by atoms with Crippen molar-refractivity contribution in [3.63, 3.8) is 0 Å². The van der Waals surface area contributed by atoms with E-state index in [9.17, 15) is 4.79 Å². The highest BCUT2D eigenvalue weighted by molar-refractivity contribution is 5.94. The largest absolute Gasteiger partial charge is 0.338 e. The Labute approximate surface area is 125 Å². The van der Waals surface area contributed by atoms with E-state index >= 15 is 0 Å². The van der Waals surface area contributed by atoms with Gasteiger partial charge in [-0.2, -0.15) is 0 Å². The van der Waals surface area contributed by atoms with Crippen LogP contribution in [-0.2, 0) is 0 Å². The SMILES string of the molecule is Cc1cc(C)cc(C2CCN(C(=O)c3cccnc3)C2)c1. The summed E-state index contributed by atoms with van der Waals surface area (Å²) in [6.45, 7) is 5.88. The summed E-state index contributed by atoms with van der Waals surface area (Å²) in [6.07, 6.45) is 4.38. The fourth-order valence-corrected chi connectivity index (χ4v) is 3.13. The molecule has 2 aromatic rings. The van der Waals surface area contributed by atoms with Crippen LogP contribution < -0.4 is 0 Å². The van der Waals surface area contributed by atoms with Gasteiger partial charge in [0, 0.05) is 31.4 Å². The molecule has 1 atom stereocenters. The molecule has 1 amide bonds. The number of hydrogen-bond acceptors (Lipinski definition) is 2. The van der Waals surface area contributed by atoms with Crippen molar-refractivity contribution in [1.29, 1.82) is 0 Å². The van der Waals surface area contributed by atoms with E-state index in [4.69, 9.17) is 0 Å². The van der Waals surface area contributed by atoms with Gasteiger partial charge in [0.25, 0.3) is 5.91 Å². The summed E-state index contributed by atoms with van der Waals surface area (Å²) in [4.78, 5) is 18.4. The highest BCUT2D eigenvalue weighted by atomic mass is 16.2. The van der Waals surface area contributed by atoms with Crippen molar-refractivity contribution in [1.82, 2.24) is 9.88 Å². The molecule has 108 valence electrons. The van der Waals surface area contributed by atoms with Crippen LogP contribution in [0.2, 0.25) is 0 Å². The van der Waals surface area contributed by atoms with E-state index in [1.165, 1.54) is 16.7 Å². The topological polar surface area (TPSA) is 33.2 Å². The van der Waals surface area contributed by atoms with Crippen molar-refractivity contribution >= 4 is 5.91 Å². The Morgan fingerprint density at radius 1 is 1.24 bits per heavy atom. The third kappa shape index (κ3) is 2.97. The van der Waals surface area contributed by atoms with Gasteiger partial charge in [-0.25, -0.2) is 0 Å². The second kappa shape index (κ2) is 5.68. The quantitative estimate of drug-likeness (QED) is 0.845. The maximum Gasteiger partial charge on any atom is 0.255 e. The number of aromatic nitrogens is 1. The van der Waals surface area contributed by atoms with Gasteiger partial charge in [-0.15, -0.1) is 0 Å². The average molecular weight is 280 g/mol. The molecule has 1 aliphatic rings. The van der Waals surface area contributed by atoms with E-state index in [0.29, 0.717) is 11.5 Å². The summed E-state index contributed by atoms with van der Waals surface area (Å²) in [5.74, 6) is 0.541. The molecule has 1 aromatic carbocycles. The van der Waals surface area contributed by atoms with Crippen LogP contribution in [0, 0.1) is 13.8 Å². The molecule has 1 fully saturated rings. The summed E-state index contributed by atoms with van der Waals surface area (Å²) in [5.41, 5.74) is 4.62. The summed E-state index contributed by atoms with van der Waals surface area (Å²) in [7, 11) is 0. The van der Waals surface area contributed by atoms with Crippen LogP contribution in [0.15, 0.2) is 42.7 Å². The Morgan fingerprint density at radius 2 is 2.00 bits per heavy atom. The molecule has 0 bridgehead atoms. The molecule has 0 radical (unpaired) electrons. The van der Waals surface area contributed by atoms with Gasteiger partial charge in [0.1, 0.15) is 0 Å². The molecule has 1 unspecified atom stereocenters. The fraction of sp³-hybridized carbons (Fsp3) is 0.333. The molecule has 0 saturated carbocycles. The molecular weight excluding hydrogens is 260 g/mol. The lowest BCUT2D eigenvalue weighted by molar-refractivity contribution is 0.0790. The van der Waals surface area contributed by atoms with Crippen molar-refractivity contribution in [3.05, 3.63) is 65.0 Å². The minimum Gasteiger partial charge on any atom is -0.338 e. The number of carbonyl (C=O) groups excluding carboxylic acids is 1. The zero-order chi connectivity index (χ0) is 14.8. The maximum absolute atomic E-state index is 12.4. The lowest BCUT2D eigenvalue weighted by atomic mass is 9.95. The number of hydrogen-bond donors (Lipinski definition) is 0. The van der Waals surface area contributed by atoms with Gasteiger partial charge in [0.2, 0.25) is 0 Å². The lowest BCUT2D eigenvalue weighted by Crippen LogP contribution is -2.28. The van der Waals surface area contributed by atoms with Crippen LogP contribution in [0.5, 0.6) is 0 Å².